The molecule has 1 heterocycles. The molecule has 0 aliphatic rings. The molecule has 2 aromatic rings. The van der Waals surface area contributed by atoms with Gasteiger partial charge in [-0.25, -0.2) is 4.98 Å². The fourth-order valence-electron chi connectivity index (χ4n) is 1.91. The summed E-state index contributed by atoms with van der Waals surface area (Å²) in [6.45, 7) is -1.26. The predicted octanol–water partition coefficient (Wildman–Crippen LogP) is 4.00. The number of methoxy groups -OCH3 is 1. The van der Waals surface area contributed by atoms with Crippen LogP contribution in [0.25, 0.3) is 0 Å². The van der Waals surface area contributed by atoms with E-state index in [9.17, 15) is 13.6 Å². The van der Waals surface area contributed by atoms with Gasteiger partial charge in [0.2, 0.25) is 0 Å². The Bertz CT molecular complexity index is 723. The molecule has 0 N–H and O–H groups in total. The van der Waals surface area contributed by atoms with Crippen LogP contribution in [-0.4, -0.2) is 24.7 Å². The van der Waals surface area contributed by atoms with Gasteiger partial charge in [-0.1, -0.05) is 11.6 Å². The molecule has 0 saturated carbocycles. The Labute approximate surface area is 146 Å². The first-order valence-corrected chi connectivity index (χ1v) is 8.02. The molecule has 0 aliphatic carbocycles. The summed E-state index contributed by atoms with van der Waals surface area (Å²) in [5.74, 6) is -0.686. The van der Waals surface area contributed by atoms with Crippen molar-refractivity contribution in [3.63, 3.8) is 0 Å². The predicted molar refractivity (Wildman–Crippen MR) is 85.0 cm³/mol. The zero-order valence-corrected chi connectivity index (χ0v) is 14.4. The molecule has 130 valence electrons. The maximum atomic E-state index is 12.4. The summed E-state index contributed by atoms with van der Waals surface area (Å²) in [5.41, 5.74) is 1.13. The maximum Gasteiger partial charge on any atom is 0.387 e. The van der Waals surface area contributed by atoms with Gasteiger partial charge >= 0.3 is 12.6 Å². The summed E-state index contributed by atoms with van der Waals surface area (Å²) < 4.78 is 39.2. The van der Waals surface area contributed by atoms with Crippen molar-refractivity contribution in [2.75, 3.05) is 7.11 Å². The number of nitrogens with zero attached hydrogens (tertiary/aromatic N) is 1. The summed E-state index contributed by atoms with van der Waals surface area (Å²) in [6.07, 6.45) is 0.0573. The third-order valence-electron chi connectivity index (χ3n) is 2.89. The van der Waals surface area contributed by atoms with Crippen LogP contribution < -0.4 is 9.47 Å². The summed E-state index contributed by atoms with van der Waals surface area (Å²) in [4.78, 5) is 16.0. The van der Waals surface area contributed by atoms with Gasteiger partial charge in [0, 0.05) is 5.38 Å². The van der Waals surface area contributed by atoms with Gasteiger partial charge in [-0.2, -0.15) is 8.78 Å². The van der Waals surface area contributed by atoms with E-state index in [0.29, 0.717) is 11.3 Å². The number of ether oxygens (including phenoxy) is 3. The number of thiazole rings is 1. The third-order valence-corrected chi connectivity index (χ3v) is 3.99. The number of aryl methyl sites for hydroxylation is 1. The SMILES string of the molecule is COc1cc(COC(=O)Cc2csc(C)n2)cc(Cl)c1OC(F)F. The normalized spacial score (nSPS) is 10.8. The zero-order chi connectivity index (χ0) is 17.7. The Morgan fingerprint density at radius 2 is 2.17 bits per heavy atom. The highest BCUT2D eigenvalue weighted by molar-refractivity contribution is 7.09. The number of carbonyl (C=O) groups is 1. The quantitative estimate of drug-likeness (QED) is 0.682. The zero-order valence-electron chi connectivity index (χ0n) is 12.8. The number of halogens is 3. The Hall–Kier alpha value is -1.93. The number of carbonyl (C=O) groups excluding carboxylic acids is 1. The van der Waals surface area contributed by atoms with E-state index in [0.717, 1.165) is 5.01 Å². The van der Waals surface area contributed by atoms with Crippen molar-refractivity contribution >= 4 is 28.9 Å². The van der Waals surface area contributed by atoms with E-state index in [1.807, 2.05) is 6.92 Å². The highest BCUT2D eigenvalue weighted by Gasteiger charge is 2.17. The molecule has 0 fully saturated rings. The van der Waals surface area contributed by atoms with Gasteiger partial charge in [0.15, 0.2) is 11.5 Å². The molecule has 1 aromatic heterocycles. The lowest BCUT2D eigenvalue weighted by Crippen LogP contribution is -2.09. The van der Waals surface area contributed by atoms with E-state index in [4.69, 9.17) is 21.1 Å². The molecule has 24 heavy (non-hydrogen) atoms. The fraction of sp³-hybridized carbons (Fsp3) is 0.333. The summed E-state index contributed by atoms with van der Waals surface area (Å²) >= 11 is 7.36. The average molecular weight is 378 g/mol. The van der Waals surface area contributed by atoms with Gasteiger partial charge in [0.25, 0.3) is 0 Å². The number of hydrogen-bond acceptors (Lipinski definition) is 6. The minimum atomic E-state index is -3.03. The van der Waals surface area contributed by atoms with Crippen LogP contribution in [0.1, 0.15) is 16.3 Å². The van der Waals surface area contributed by atoms with Gasteiger partial charge in [-0.3, -0.25) is 4.79 Å². The van der Waals surface area contributed by atoms with Crippen molar-refractivity contribution in [1.29, 1.82) is 0 Å². The Balaban J connectivity index is 2.01. The standard InChI is InChI=1S/C15H14ClF2NO4S/c1-8-19-10(7-24-8)5-13(20)22-6-9-3-11(16)14(23-15(17)18)12(4-9)21-2/h3-4,7,15H,5-6H2,1-2H3. The minimum absolute atomic E-state index is 0.0315. The number of aromatic nitrogens is 1. The van der Waals surface area contributed by atoms with Crippen molar-refractivity contribution in [1.82, 2.24) is 4.98 Å². The molecular weight excluding hydrogens is 364 g/mol. The average Bonchev–Trinajstić information content (AvgIpc) is 2.92. The first-order valence-electron chi connectivity index (χ1n) is 6.77. The number of benzene rings is 1. The van der Waals surface area contributed by atoms with E-state index in [-0.39, 0.29) is 29.5 Å². The van der Waals surface area contributed by atoms with Crippen LogP contribution in [0, 0.1) is 6.92 Å². The van der Waals surface area contributed by atoms with Crippen LogP contribution in [0.3, 0.4) is 0 Å². The fourth-order valence-corrected chi connectivity index (χ4v) is 2.80. The maximum absolute atomic E-state index is 12.4. The van der Waals surface area contributed by atoms with Crippen LogP contribution in [0.15, 0.2) is 17.5 Å². The highest BCUT2D eigenvalue weighted by atomic mass is 35.5. The molecule has 0 radical (unpaired) electrons. The van der Waals surface area contributed by atoms with Crippen molar-refractivity contribution < 1.29 is 27.8 Å². The van der Waals surface area contributed by atoms with E-state index in [1.54, 1.807) is 5.38 Å². The smallest absolute Gasteiger partial charge is 0.387 e. The first kappa shape index (κ1) is 18.4. The van der Waals surface area contributed by atoms with Gasteiger partial charge in [0.1, 0.15) is 6.61 Å². The molecule has 0 unspecified atom stereocenters. The molecular formula is C15H14ClF2NO4S. The Morgan fingerprint density at radius 1 is 1.42 bits per heavy atom. The molecule has 0 bridgehead atoms. The van der Waals surface area contributed by atoms with Crippen molar-refractivity contribution in [2.45, 2.75) is 26.6 Å². The molecule has 0 aliphatic heterocycles. The van der Waals surface area contributed by atoms with E-state index < -0.39 is 12.6 Å². The molecule has 2 rings (SSSR count). The summed E-state index contributed by atoms with van der Waals surface area (Å²) in [6, 6.07) is 2.80. The van der Waals surface area contributed by atoms with E-state index >= 15 is 0 Å². The Morgan fingerprint density at radius 3 is 2.75 bits per heavy atom. The molecule has 5 nitrogen and oxygen atoms in total. The van der Waals surface area contributed by atoms with Crippen molar-refractivity contribution in [3.8, 4) is 11.5 Å². The third kappa shape index (κ3) is 5.04. The lowest BCUT2D eigenvalue weighted by Gasteiger charge is -2.13. The lowest BCUT2D eigenvalue weighted by atomic mass is 10.2. The molecule has 0 amide bonds. The molecule has 0 spiro atoms. The topological polar surface area (TPSA) is 57.7 Å². The second-order valence-corrected chi connectivity index (χ2v) is 6.15. The number of alkyl halides is 2. The van der Waals surface area contributed by atoms with Crippen LogP contribution in [-0.2, 0) is 22.6 Å². The first-order chi connectivity index (χ1) is 11.4. The second kappa shape index (κ2) is 8.25. The molecule has 0 atom stereocenters. The van der Waals surface area contributed by atoms with Crippen LogP contribution >= 0.6 is 22.9 Å². The lowest BCUT2D eigenvalue weighted by molar-refractivity contribution is -0.144. The minimum Gasteiger partial charge on any atom is -0.493 e. The Kier molecular flexibility index (Phi) is 6.33. The van der Waals surface area contributed by atoms with Gasteiger partial charge in [-0.05, 0) is 24.6 Å². The van der Waals surface area contributed by atoms with Crippen LogP contribution in [0.4, 0.5) is 8.78 Å². The van der Waals surface area contributed by atoms with Gasteiger partial charge < -0.3 is 14.2 Å². The molecule has 0 saturated heterocycles. The van der Waals surface area contributed by atoms with Crippen molar-refractivity contribution in [2.24, 2.45) is 0 Å². The molecule has 9 heteroatoms. The molecule has 1 aromatic carbocycles. The summed E-state index contributed by atoms with van der Waals surface area (Å²) in [7, 11) is 1.30. The van der Waals surface area contributed by atoms with Crippen LogP contribution in [0.5, 0.6) is 11.5 Å². The highest BCUT2D eigenvalue weighted by Crippen LogP contribution is 2.37. The largest absolute Gasteiger partial charge is 0.493 e. The second-order valence-electron chi connectivity index (χ2n) is 4.68. The van der Waals surface area contributed by atoms with E-state index in [2.05, 4.69) is 9.72 Å². The monoisotopic (exact) mass is 377 g/mol. The van der Waals surface area contributed by atoms with Gasteiger partial charge in [0.05, 0.1) is 29.3 Å². The van der Waals surface area contributed by atoms with Crippen molar-refractivity contribution in [3.05, 3.63) is 38.8 Å². The van der Waals surface area contributed by atoms with Crippen LogP contribution in [0.2, 0.25) is 5.02 Å². The number of esters is 1. The summed E-state index contributed by atoms with van der Waals surface area (Å²) in [5, 5.41) is 2.59. The number of rotatable bonds is 7. The van der Waals surface area contributed by atoms with E-state index in [1.165, 1.54) is 30.6 Å². The number of hydrogen-bond donors (Lipinski definition) is 0. The van der Waals surface area contributed by atoms with Gasteiger partial charge in [-0.15, -0.1) is 11.3 Å².